The number of nitrogens with two attached hydrogens (primary N) is 2. The van der Waals surface area contributed by atoms with Gasteiger partial charge in [-0.3, -0.25) is 19.2 Å². The lowest BCUT2D eigenvalue weighted by molar-refractivity contribution is -0.142. The highest BCUT2D eigenvalue weighted by Crippen LogP contribution is 2.19. The van der Waals surface area contributed by atoms with Gasteiger partial charge in [-0.1, -0.05) is 30.3 Å². The van der Waals surface area contributed by atoms with Gasteiger partial charge in [0.15, 0.2) is 0 Å². The molecule has 0 aliphatic carbocycles. The van der Waals surface area contributed by atoms with Crippen molar-refractivity contribution in [1.82, 2.24) is 15.5 Å². The lowest BCUT2D eigenvalue weighted by Gasteiger charge is -2.28. The quantitative estimate of drug-likeness (QED) is 0.206. The van der Waals surface area contributed by atoms with Crippen molar-refractivity contribution in [2.24, 2.45) is 11.5 Å². The van der Waals surface area contributed by atoms with Crippen LogP contribution in [0, 0.1) is 0 Å². The monoisotopic (exact) mass is 479 g/mol. The zero-order valence-electron chi connectivity index (χ0n) is 18.0. The van der Waals surface area contributed by atoms with Gasteiger partial charge in [0.1, 0.15) is 18.1 Å². The van der Waals surface area contributed by atoms with E-state index in [2.05, 4.69) is 23.3 Å². The van der Waals surface area contributed by atoms with Crippen LogP contribution in [0.2, 0.25) is 0 Å². The van der Waals surface area contributed by atoms with Crippen LogP contribution >= 0.6 is 12.6 Å². The molecule has 4 amide bonds. The Morgan fingerprint density at radius 3 is 2.36 bits per heavy atom. The van der Waals surface area contributed by atoms with E-state index in [9.17, 15) is 24.0 Å². The molecule has 33 heavy (non-hydrogen) atoms. The lowest BCUT2D eigenvalue weighted by Crippen LogP contribution is -2.57. The maximum absolute atomic E-state index is 12.9. The number of amides is 4. The molecular formula is C21H29N5O6S. The summed E-state index contributed by atoms with van der Waals surface area (Å²) in [7, 11) is 0. The van der Waals surface area contributed by atoms with Gasteiger partial charge in [-0.2, -0.15) is 12.6 Å². The summed E-state index contributed by atoms with van der Waals surface area (Å²) in [6.07, 6.45) is 0.687. The Morgan fingerprint density at radius 2 is 1.79 bits per heavy atom. The zero-order valence-corrected chi connectivity index (χ0v) is 18.9. The van der Waals surface area contributed by atoms with Crippen molar-refractivity contribution in [3.63, 3.8) is 0 Å². The number of hydrogen-bond donors (Lipinski definition) is 6. The number of carboxylic acids is 1. The van der Waals surface area contributed by atoms with E-state index in [4.69, 9.17) is 16.6 Å². The second-order valence-electron chi connectivity index (χ2n) is 7.80. The number of carbonyl (C=O) groups is 5. The number of thiol groups is 1. The average Bonchev–Trinajstić information content (AvgIpc) is 3.26. The molecule has 0 spiro atoms. The highest BCUT2D eigenvalue weighted by atomic mass is 32.1. The van der Waals surface area contributed by atoms with E-state index in [1.54, 1.807) is 0 Å². The van der Waals surface area contributed by atoms with Gasteiger partial charge in [-0.15, -0.1) is 0 Å². The minimum absolute atomic E-state index is 0.192. The first-order valence-corrected chi connectivity index (χ1v) is 11.1. The third kappa shape index (κ3) is 7.46. The third-order valence-corrected chi connectivity index (χ3v) is 5.65. The van der Waals surface area contributed by atoms with Crippen molar-refractivity contribution in [3.05, 3.63) is 35.9 Å². The summed E-state index contributed by atoms with van der Waals surface area (Å²) in [4.78, 5) is 62.3. The van der Waals surface area contributed by atoms with Crippen molar-refractivity contribution >= 4 is 42.2 Å². The summed E-state index contributed by atoms with van der Waals surface area (Å²) in [6.45, 7) is 0.326. The van der Waals surface area contributed by atoms with Crippen molar-refractivity contribution < 1.29 is 29.1 Å². The fraction of sp³-hybridized carbons (Fsp3) is 0.476. The molecule has 0 aromatic heterocycles. The van der Waals surface area contributed by atoms with Gasteiger partial charge in [0.25, 0.3) is 0 Å². The Hall–Kier alpha value is -3.12. The first kappa shape index (κ1) is 26.1. The molecule has 1 aromatic rings. The van der Waals surface area contributed by atoms with Gasteiger partial charge >= 0.3 is 5.97 Å². The fourth-order valence-corrected chi connectivity index (χ4v) is 3.86. The summed E-state index contributed by atoms with van der Waals surface area (Å²) >= 11 is 3.87. The van der Waals surface area contributed by atoms with Crippen LogP contribution < -0.4 is 22.1 Å². The van der Waals surface area contributed by atoms with Crippen molar-refractivity contribution in [3.8, 4) is 0 Å². The fourth-order valence-electron chi connectivity index (χ4n) is 3.61. The van der Waals surface area contributed by atoms with E-state index < -0.39 is 60.2 Å². The third-order valence-electron chi connectivity index (χ3n) is 5.29. The van der Waals surface area contributed by atoms with Crippen LogP contribution in [0.15, 0.2) is 30.3 Å². The molecule has 2 rings (SSSR count). The Morgan fingerprint density at radius 1 is 1.12 bits per heavy atom. The maximum Gasteiger partial charge on any atom is 0.327 e. The molecule has 4 atom stereocenters. The van der Waals surface area contributed by atoms with Crippen molar-refractivity contribution in [1.29, 1.82) is 0 Å². The van der Waals surface area contributed by atoms with E-state index in [0.717, 1.165) is 5.56 Å². The number of likely N-dealkylation sites (tertiary alicyclic amines) is 1. The minimum Gasteiger partial charge on any atom is -0.480 e. The van der Waals surface area contributed by atoms with Crippen LogP contribution in [-0.4, -0.2) is 76.1 Å². The number of nitrogens with zero attached hydrogens (tertiary/aromatic N) is 1. The van der Waals surface area contributed by atoms with Crippen molar-refractivity contribution in [2.75, 3.05) is 12.3 Å². The van der Waals surface area contributed by atoms with E-state index in [1.165, 1.54) is 4.90 Å². The molecule has 1 saturated heterocycles. The molecule has 11 nitrogen and oxygen atoms in total. The standard InChI is InChI=1S/C21H29N5O6S/c22-13(9-12-5-2-1-3-6-12)20(30)26-8-4-7-16(26)19(29)24-14(10-17(23)27)18(28)25-15(11-33)21(31)32/h1-3,5-6,13-16,33H,4,7-11,22H2,(H2,23,27)(H,24,29)(H,25,28)(H,31,32). The first-order chi connectivity index (χ1) is 15.6. The van der Waals surface area contributed by atoms with Crippen LogP contribution in [0.5, 0.6) is 0 Å². The molecule has 1 fully saturated rings. The highest BCUT2D eigenvalue weighted by molar-refractivity contribution is 7.80. The number of nitrogens with one attached hydrogen (secondary N) is 2. The SMILES string of the molecule is NC(=O)CC(NC(=O)C1CCCN1C(=O)C(N)Cc1ccccc1)C(=O)NC(CS)C(=O)O. The second-order valence-corrected chi connectivity index (χ2v) is 8.16. The predicted molar refractivity (Wildman–Crippen MR) is 122 cm³/mol. The zero-order chi connectivity index (χ0) is 24.5. The summed E-state index contributed by atoms with van der Waals surface area (Å²) in [5, 5.41) is 13.7. The molecule has 1 aliphatic heterocycles. The van der Waals surface area contributed by atoms with E-state index in [0.29, 0.717) is 25.8 Å². The van der Waals surface area contributed by atoms with Gasteiger partial charge in [0.2, 0.25) is 23.6 Å². The van der Waals surface area contributed by atoms with Crippen LogP contribution in [0.25, 0.3) is 0 Å². The van der Waals surface area contributed by atoms with Gasteiger partial charge in [-0.25, -0.2) is 4.79 Å². The smallest absolute Gasteiger partial charge is 0.327 e. The van der Waals surface area contributed by atoms with E-state index >= 15 is 0 Å². The molecule has 1 heterocycles. The van der Waals surface area contributed by atoms with Gasteiger partial charge < -0.3 is 32.1 Å². The van der Waals surface area contributed by atoms with Crippen LogP contribution in [-0.2, 0) is 30.4 Å². The Kier molecular flexibility index (Phi) is 9.67. The van der Waals surface area contributed by atoms with Crippen molar-refractivity contribution in [2.45, 2.75) is 49.9 Å². The number of carboxylic acid groups (broad SMARTS) is 1. The normalized spacial score (nSPS) is 18.1. The predicted octanol–water partition coefficient (Wildman–Crippen LogP) is -1.59. The van der Waals surface area contributed by atoms with Crippen LogP contribution in [0.3, 0.4) is 0 Å². The largest absolute Gasteiger partial charge is 0.480 e. The Labute approximate surface area is 196 Å². The topological polar surface area (TPSA) is 185 Å². The summed E-state index contributed by atoms with van der Waals surface area (Å²) < 4.78 is 0. The molecule has 0 saturated carbocycles. The number of benzene rings is 1. The number of aliphatic carboxylic acids is 1. The number of primary amides is 1. The molecular weight excluding hydrogens is 450 g/mol. The van der Waals surface area contributed by atoms with Crippen LogP contribution in [0.4, 0.5) is 0 Å². The maximum atomic E-state index is 12.9. The minimum atomic E-state index is -1.40. The number of carbonyl (C=O) groups excluding carboxylic acids is 4. The van der Waals surface area contributed by atoms with Crippen LogP contribution in [0.1, 0.15) is 24.8 Å². The average molecular weight is 480 g/mol. The Bertz CT molecular complexity index is 883. The van der Waals surface area contributed by atoms with Gasteiger partial charge in [-0.05, 0) is 24.8 Å². The van der Waals surface area contributed by atoms with E-state index in [1.807, 2.05) is 30.3 Å². The molecule has 7 N–H and O–H groups in total. The summed E-state index contributed by atoms with van der Waals surface area (Å²) in [6, 6.07) is 4.80. The molecule has 12 heteroatoms. The highest BCUT2D eigenvalue weighted by Gasteiger charge is 2.38. The van der Waals surface area contributed by atoms with Gasteiger partial charge in [0, 0.05) is 12.3 Å². The molecule has 1 aliphatic rings. The second kappa shape index (κ2) is 12.2. The molecule has 0 radical (unpaired) electrons. The molecule has 0 bridgehead atoms. The summed E-state index contributed by atoms with van der Waals surface area (Å²) in [5.74, 6) is -4.30. The Balaban J connectivity index is 2.07. The number of rotatable bonds is 11. The van der Waals surface area contributed by atoms with E-state index in [-0.39, 0.29) is 5.75 Å². The first-order valence-electron chi connectivity index (χ1n) is 10.5. The molecule has 4 unspecified atom stereocenters. The summed E-state index contributed by atoms with van der Waals surface area (Å²) in [5.41, 5.74) is 12.2. The van der Waals surface area contributed by atoms with Gasteiger partial charge in [0.05, 0.1) is 12.5 Å². The lowest BCUT2D eigenvalue weighted by atomic mass is 10.0. The molecule has 180 valence electrons. The number of hydrogen-bond acceptors (Lipinski definition) is 7. The molecule has 1 aromatic carbocycles.